The fraction of sp³-hybridized carbons (Fsp3) is 0.684. The number of carbonyl (C=O) groups excluding carboxylic acids is 1. The van der Waals surface area contributed by atoms with E-state index in [0.29, 0.717) is 29.2 Å². The molecule has 3 saturated carbocycles. The van der Waals surface area contributed by atoms with Crippen LogP contribution in [-0.2, 0) is 9.53 Å². The van der Waals surface area contributed by atoms with Gasteiger partial charge in [0.15, 0.2) is 0 Å². The number of carboxylic acid groups (broad SMARTS) is 1. The Kier molecular flexibility index (Phi) is 6.77. The molecule has 0 unspecified atom stereocenters. The predicted molar refractivity (Wildman–Crippen MR) is 168 cm³/mol. The maximum atomic E-state index is 13.0. The molecule has 3 fully saturated rings. The third-order valence-electron chi connectivity index (χ3n) is 14.6. The fourth-order valence-corrected chi connectivity index (χ4v) is 11.9. The topological polar surface area (TPSA) is 63.6 Å². The van der Waals surface area contributed by atoms with Gasteiger partial charge in [-0.15, -0.1) is 0 Å². The van der Waals surface area contributed by atoms with Gasteiger partial charge in [0.25, 0.3) is 0 Å². The standard InChI is InChI=1S/C38H52O4/c1-23-15-20-38(33(40)41)22-21-36(6)28(31(38)24(23)2)13-14-30-35(5)18-16-27(25-9-11-26(12-10-25)32(39)42-8)34(3,4)29(35)17-19-37(30,36)7/h9-13,16,23-24,29-31H,14-15,17-22H2,1-8H3,(H,40,41)/t23-,24+,29+,30-,31+,35+,36-,37-,38+/m1/s1. The van der Waals surface area contributed by atoms with Crippen molar-refractivity contribution >= 4 is 17.5 Å². The lowest BCUT2D eigenvalue weighted by atomic mass is 9.33. The SMILES string of the molecule is COC(=O)c1ccc(C2=CC[C@]3(C)[C@H]4CC=C5[C@@H]6[C@@H](C)[C@H](C)CC[C@]6(C(=O)O)CC[C@@]5(C)[C@]4(C)CC[C@H]3C2(C)C)cc1. The zero-order valence-electron chi connectivity index (χ0n) is 27.2. The zero-order chi connectivity index (χ0) is 30.5. The average molecular weight is 573 g/mol. The van der Waals surface area contributed by atoms with Gasteiger partial charge in [0.1, 0.15) is 0 Å². The molecule has 0 spiro atoms. The van der Waals surface area contributed by atoms with Crippen LogP contribution >= 0.6 is 0 Å². The van der Waals surface area contributed by atoms with Crippen molar-refractivity contribution in [1.82, 2.24) is 0 Å². The number of hydrogen-bond donors (Lipinski definition) is 1. The lowest BCUT2D eigenvalue weighted by Gasteiger charge is -2.70. The van der Waals surface area contributed by atoms with E-state index in [1.807, 2.05) is 12.1 Å². The molecule has 1 N–H and O–H groups in total. The number of methoxy groups -OCH3 is 1. The van der Waals surface area contributed by atoms with Gasteiger partial charge in [0, 0.05) is 0 Å². The van der Waals surface area contributed by atoms with E-state index in [-0.39, 0.29) is 33.5 Å². The molecule has 0 bridgehead atoms. The first-order chi connectivity index (χ1) is 19.7. The van der Waals surface area contributed by atoms with Crippen LogP contribution in [0.3, 0.4) is 0 Å². The molecular weight excluding hydrogens is 520 g/mol. The van der Waals surface area contributed by atoms with Crippen molar-refractivity contribution in [2.24, 2.45) is 56.7 Å². The molecule has 4 heteroatoms. The number of benzene rings is 1. The lowest BCUT2D eigenvalue weighted by molar-refractivity contribution is -0.179. The number of ether oxygens (including phenoxy) is 1. The van der Waals surface area contributed by atoms with Crippen molar-refractivity contribution in [1.29, 1.82) is 0 Å². The Morgan fingerprint density at radius 2 is 1.57 bits per heavy atom. The molecule has 5 aliphatic rings. The van der Waals surface area contributed by atoms with Crippen LogP contribution in [0.2, 0.25) is 0 Å². The van der Waals surface area contributed by atoms with E-state index >= 15 is 0 Å². The Morgan fingerprint density at radius 1 is 0.881 bits per heavy atom. The molecule has 6 rings (SSSR count). The molecule has 0 aliphatic heterocycles. The number of fused-ring (bicyclic) bond motifs is 7. The molecule has 5 aliphatic carbocycles. The summed E-state index contributed by atoms with van der Waals surface area (Å²) in [5, 5.41) is 10.7. The second-order valence-corrected chi connectivity index (χ2v) is 16.2. The molecule has 228 valence electrons. The molecule has 1 aromatic carbocycles. The minimum Gasteiger partial charge on any atom is -0.481 e. The molecular formula is C38H52O4. The van der Waals surface area contributed by atoms with E-state index in [0.717, 1.165) is 38.5 Å². The Balaban J connectivity index is 1.39. The lowest BCUT2D eigenvalue weighted by Crippen LogP contribution is -2.64. The van der Waals surface area contributed by atoms with Crippen molar-refractivity contribution in [3.8, 4) is 0 Å². The Labute approximate surface area is 253 Å². The van der Waals surface area contributed by atoms with E-state index in [9.17, 15) is 14.7 Å². The molecule has 42 heavy (non-hydrogen) atoms. The van der Waals surface area contributed by atoms with Crippen LogP contribution in [-0.4, -0.2) is 24.2 Å². The summed E-state index contributed by atoms with van der Waals surface area (Å²) < 4.78 is 4.92. The average Bonchev–Trinajstić information content (AvgIpc) is 2.94. The summed E-state index contributed by atoms with van der Waals surface area (Å²) in [6, 6.07) is 7.97. The molecule has 0 heterocycles. The smallest absolute Gasteiger partial charge is 0.337 e. The van der Waals surface area contributed by atoms with Gasteiger partial charge in [-0.3, -0.25) is 4.79 Å². The minimum absolute atomic E-state index is 0.00432. The highest BCUT2D eigenvalue weighted by molar-refractivity contribution is 5.90. The van der Waals surface area contributed by atoms with E-state index in [4.69, 9.17) is 4.74 Å². The molecule has 1 aromatic rings. The first-order valence-electron chi connectivity index (χ1n) is 16.5. The van der Waals surface area contributed by atoms with Crippen LogP contribution < -0.4 is 0 Å². The summed E-state index contributed by atoms with van der Waals surface area (Å²) in [7, 11) is 1.43. The van der Waals surface area contributed by atoms with E-state index in [2.05, 4.69) is 72.8 Å². The first kappa shape index (κ1) is 29.7. The second kappa shape index (κ2) is 9.57. The fourth-order valence-electron chi connectivity index (χ4n) is 11.9. The van der Waals surface area contributed by atoms with Crippen LogP contribution in [0.25, 0.3) is 5.57 Å². The molecule has 0 amide bonds. The highest BCUT2D eigenvalue weighted by Gasteiger charge is 2.69. The summed E-state index contributed by atoms with van der Waals surface area (Å²) in [6.45, 7) is 17.3. The van der Waals surface area contributed by atoms with Gasteiger partial charge in [0.05, 0.1) is 18.1 Å². The molecule has 9 atom stereocenters. The molecule has 0 aromatic heterocycles. The van der Waals surface area contributed by atoms with Crippen LogP contribution in [0.15, 0.2) is 42.0 Å². The minimum atomic E-state index is -0.588. The Morgan fingerprint density at radius 3 is 2.21 bits per heavy atom. The maximum Gasteiger partial charge on any atom is 0.337 e. The van der Waals surface area contributed by atoms with Gasteiger partial charge < -0.3 is 9.84 Å². The van der Waals surface area contributed by atoms with Crippen molar-refractivity contribution in [2.75, 3.05) is 7.11 Å². The van der Waals surface area contributed by atoms with Gasteiger partial charge >= 0.3 is 11.9 Å². The normalized spacial score (nSPS) is 43.9. The van der Waals surface area contributed by atoms with E-state index in [1.54, 1.807) is 0 Å². The van der Waals surface area contributed by atoms with Crippen LogP contribution in [0, 0.1) is 56.7 Å². The van der Waals surface area contributed by atoms with Gasteiger partial charge in [-0.25, -0.2) is 4.79 Å². The van der Waals surface area contributed by atoms with Crippen molar-refractivity contribution in [3.63, 3.8) is 0 Å². The number of carbonyl (C=O) groups is 2. The highest BCUT2D eigenvalue weighted by atomic mass is 16.5. The Hall–Kier alpha value is -2.36. The first-order valence-corrected chi connectivity index (χ1v) is 16.5. The van der Waals surface area contributed by atoms with Gasteiger partial charge in [0.2, 0.25) is 0 Å². The third kappa shape index (κ3) is 3.71. The van der Waals surface area contributed by atoms with Crippen LogP contribution in [0.5, 0.6) is 0 Å². The van der Waals surface area contributed by atoms with E-state index < -0.39 is 11.4 Å². The van der Waals surface area contributed by atoms with Crippen LogP contribution in [0.1, 0.15) is 116 Å². The van der Waals surface area contributed by atoms with Crippen molar-refractivity contribution in [3.05, 3.63) is 53.1 Å². The number of hydrogen-bond acceptors (Lipinski definition) is 3. The van der Waals surface area contributed by atoms with Crippen LogP contribution in [0.4, 0.5) is 0 Å². The van der Waals surface area contributed by atoms with Gasteiger partial charge in [-0.2, -0.15) is 0 Å². The number of esters is 1. The largest absolute Gasteiger partial charge is 0.481 e. The summed E-state index contributed by atoms with van der Waals surface area (Å²) in [5.74, 6) is 1.39. The second-order valence-electron chi connectivity index (χ2n) is 16.2. The highest BCUT2D eigenvalue weighted by Crippen LogP contribution is 2.76. The van der Waals surface area contributed by atoms with Gasteiger partial charge in [-0.05, 0) is 126 Å². The maximum absolute atomic E-state index is 13.0. The summed E-state index contributed by atoms with van der Waals surface area (Å²) >= 11 is 0. The Bertz CT molecular complexity index is 1350. The number of rotatable bonds is 3. The zero-order valence-corrected chi connectivity index (χ0v) is 27.2. The molecule has 0 saturated heterocycles. The van der Waals surface area contributed by atoms with Crippen molar-refractivity contribution in [2.45, 2.75) is 99.8 Å². The third-order valence-corrected chi connectivity index (χ3v) is 14.6. The number of allylic oxidation sites excluding steroid dienone is 4. The summed E-state index contributed by atoms with van der Waals surface area (Å²) in [4.78, 5) is 25.0. The predicted octanol–water partition coefficient (Wildman–Crippen LogP) is 9.21. The van der Waals surface area contributed by atoms with Crippen molar-refractivity contribution < 1.29 is 19.4 Å². The molecule has 4 nitrogen and oxygen atoms in total. The van der Waals surface area contributed by atoms with Gasteiger partial charge in [-0.1, -0.05) is 78.3 Å². The monoisotopic (exact) mass is 572 g/mol. The number of aliphatic carboxylic acids is 1. The summed E-state index contributed by atoms with van der Waals surface area (Å²) in [6.07, 6.45) is 13.3. The molecule has 0 radical (unpaired) electrons. The summed E-state index contributed by atoms with van der Waals surface area (Å²) in [5.41, 5.74) is 4.48. The van der Waals surface area contributed by atoms with E-state index in [1.165, 1.54) is 36.7 Å². The number of carboxylic acids is 1. The quantitative estimate of drug-likeness (QED) is 0.290.